The van der Waals surface area contributed by atoms with E-state index in [0.717, 1.165) is 28.6 Å². The number of aryl methyl sites for hydroxylation is 1. The lowest BCUT2D eigenvalue weighted by Gasteiger charge is -2.15. The number of hydrogen-bond donors (Lipinski definition) is 2. The third kappa shape index (κ3) is 6.55. The van der Waals surface area contributed by atoms with Gasteiger partial charge in [0.25, 0.3) is 0 Å². The molecule has 1 amide bonds. The molecule has 160 valence electrons. The van der Waals surface area contributed by atoms with Gasteiger partial charge in [-0.3, -0.25) is 4.79 Å². The Morgan fingerprint density at radius 1 is 1.31 bits per heavy atom. The molecule has 1 aromatic heterocycles. The number of halogens is 3. The van der Waals surface area contributed by atoms with E-state index in [1.54, 1.807) is 0 Å². The van der Waals surface area contributed by atoms with Gasteiger partial charge >= 0.3 is 6.18 Å². The van der Waals surface area contributed by atoms with E-state index in [-0.39, 0.29) is 17.7 Å². The minimum atomic E-state index is -4.47. The van der Waals surface area contributed by atoms with Gasteiger partial charge in [-0.1, -0.05) is 37.7 Å². The van der Waals surface area contributed by atoms with Crippen molar-refractivity contribution < 1.29 is 22.7 Å². The van der Waals surface area contributed by atoms with Crippen LogP contribution in [0.15, 0.2) is 23.4 Å². The largest absolute Gasteiger partial charge is 0.485 e. The number of aromatic nitrogens is 3. The van der Waals surface area contributed by atoms with E-state index in [1.807, 2.05) is 30.4 Å². The third-order valence-electron chi connectivity index (χ3n) is 4.00. The molecule has 1 unspecified atom stereocenters. The molecule has 0 aliphatic carbocycles. The molecule has 1 heterocycles. The highest BCUT2D eigenvalue weighted by Gasteiger charge is 2.29. The Morgan fingerprint density at radius 2 is 2.00 bits per heavy atom. The number of thioether (sulfide) groups is 1. The van der Waals surface area contributed by atoms with Crippen molar-refractivity contribution >= 4 is 17.7 Å². The number of alkyl halides is 3. The van der Waals surface area contributed by atoms with Gasteiger partial charge in [0, 0.05) is 0 Å². The van der Waals surface area contributed by atoms with Gasteiger partial charge in [0.05, 0.1) is 5.25 Å². The molecular formula is C18H24F3N5O2S. The van der Waals surface area contributed by atoms with Gasteiger partial charge in [-0.25, -0.2) is 4.68 Å². The summed E-state index contributed by atoms with van der Waals surface area (Å²) in [6.07, 6.45) is -4.47. The lowest BCUT2D eigenvalue weighted by molar-refractivity contribution is -0.137. The number of nitrogens with zero attached hydrogens (tertiary/aromatic N) is 3. The number of carbonyl (C=O) groups excluding carboxylic acids is 1. The van der Waals surface area contributed by atoms with Crippen molar-refractivity contribution in [2.45, 2.75) is 56.8 Å². The second kappa shape index (κ2) is 9.38. The number of hydrogen-bond acceptors (Lipinski definition) is 6. The first kappa shape index (κ1) is 22.9. The molecule has 0 aliphatic rings. The quantitative estimate of drug-likeness (QED) is 0.493. The van der Waals surface area contributed by atoms with E-state index >= 15 is 0 Å². The van der Waals surface area contributed by atoms with Crippen LogP contribution in [-0.2, 0) is 11.4 Å². The summed E-state index contributed by atoms with van der Waals surface area (Å²) in [4.78, 5) is 11.8. The summed E-state index contributed by atoms with van der Waals surface area (Å²) in [5.41, 5.74) is 2.09. The first-order chi connectivity index (χ1) is 13.5. The summed E-state index contributed by atoms with van der Waals surface area (Å²) in [6.45, 7) is 6.21. The Kier molecular flexibility index (Phi) is 7.39. The molecule has 1 aromatic carbocycles. The lowest BCUT2D eigenvalue weighted by atomic mass is 10.0. The second-order valence-electron chi connectivity index (χ2n) is 6.85. The van der Waals surface area contributed by atoms with Crippen molar-refractivity contribution in [3.8, 4) is 5.75 Å². The van der Waals surface area contributed by atoms with Crippen LogP contribution in [0.3, 0.4) is 0 Å². The van der Waals surface area contributed by atoms with Crippen LogP contribution in [0.5, 0.6) is 5.75 Å². The topological polar surface area (TPSA) is 95.1 Å². The van der Waals surface area contributed by atoms with Gasteiger partial charge in [-0.2, -0.15) is 13.2 Å². The number of nitrogens with two attached hydrogens (primary N) is 1. The molecule has 0 radical (unpaired) electrons. The number of rotatable bonds is 8. The summed E-state index contributed by atoms with van der Waals surface area (Å²) in [5.74, 6) is 6.51. The standard InChI is InChI=1S/C18H24F3N5O2S/c1-10(2)13-6-5-11(3)7-14(13)28-8-15-24-25-17(26(15)22)29-12(4)16(27)23-9-18(19,20)21/h5-7,10,12H,8-9,22H2,1-4H3,(H,23,27). The number of carbonyl (C=O) groups is 1. The van der Waals surface area contributed by atoms with Crippen molar-refractivity contribution in [1.82, 2.24) is 20.2 Å². The summed E-state index contributed by atoms with van der Waals surface area (Å²) in [5, 5.41) is 9.06. The van der Waals surface area contributed by atoms with Gasteiger partial charge in [0.15, 0.2) is 5.82 Å². The molecule has 0 saturated carbocycles. The van der Waals surface area contributed by atoms with E-state index in [2.05, 4.69) is 24.0 Å². The molecule has 29 heavy (non-hydrogen) atoms. The van der Waals surface area contributed by atoms with Gasteiger partial charge < -0.3 is 15.9 Å². The fourth-order valence-electron chi connectivity index (χ4n) is 2.41. The lowest BCUT2D eigenvalue weighted by Crippen LogP contribution is -2.38. The number of nitrogen functional groups attached to an aromatic ring is 1. The molecule has 0 bridgehead atoms. The Labute approximate surface area is 171 Å². The van der Waals surface area contributed by atoms with Crippen LogP contribution in [-0.4, -0.2) is 38.8 Å². The van der Waals surface area contributed by atoms with Gasteiger partial charge in [0.2, 0.25) is 11.1 Å². The Bertz CT molecular complexity index is 855. The minimum absolute atomic E-state index is 0.0574. The van der Waals surface area contributed by atoms with Crippen LogP contribution in [0.4, 0.5) is 13.2 Å². The predicted octanol–water partition coefficient (Wildman–Crippen LogP) is 3.16. The van der Waals surface area contributed by atoms with E-state index in [0.29, 0.717) is 5.82 Å². The predicted molar refractivity (Wildman–Crippen MR) is 104 cm³/mol. The highest BCUT2D eigenvalue weighted by Crippen LogP contribution is 2.28. The number of nitrogens with one attached hydrogen (secondary N) is 1. The summed E-state index contributed by atoms with van der Waals surface area (Å²) < 4.78 is 43.7. The number of ether oxygens (including phenoxy) is 1. The van der Waals surface area contributed by atoms with Gasteiger partial charge in [-0.05, 0) is 37.0 Å². The maximum atomic E-state index is 12.2. The number of benzene rings is 1. The molecule has 2 rings (SSSR count). The smallest absolute Gasteiger partial charge is 0.405 e. The van der Waals surface area contributed by atoms with E-state index in [9.17, 15) is 18.0 Å². The molecular weight excluding hydrogens is 407 g/mol. The van der Waals surface area contributed by atoms with Crippen LogP contribution in [0.25, 0.3) is 0 Å². The van der Waals surface area contributed by atoms with Crippen LogP contribution < -0.4 is 15.9 Å². The molecule has 0 saturated heterocycles. The average Bonchev–Trinajstić information content (AvgIpc) is 2.96. The SMILES string of the molecule is Cc1ccc(C(C)C)c(OCc2nnc(SC(C)C(=O)NCC(F)(F)F)n2N)c1. The normalized spacial score (nSPS) is 12.8. The maximum absolute atomic E-state index is 12.2. The molecule has 3 N–H and O–H groups in total. The molecule has 11 heteroatoms. The zero-order chi connectivity index (χ0) is 21.8. The Balaban J connectivity index is 2.01. The zero-order valence-electron chi connectivity index (χ0n) is 16.6. The van der Waals surface area contributed by atoms with Crippen molar-refractivity contribution in [2.75, 3.05) is 12.4 Å². The van der Waals surface area contributed by atoms with E-state index in [4.69, 9.17) is 10.6 Å². The molecule has 7 nitrogen and oxygen atoms in total. The van der Waals surface area contributed by atoms with Crippen LogP contribution in [0, 0.1) is 6.92 Å². The fourth-order valence-corrected chi connectivity index (χ4v) is 3.23. The van der Waals surface area contributed by atoms with Crippen molar-refractivity contribution in [3.63, 3.8) is 0 Å². The number of amides is 1. The highest BCUT2D eigenvalue weighted by molar-refractivity contribution is 8.00. The molecule has 0 spiro atoms. The van der Waals surface area contributed by atoms with Crippen molar-refractivity contribution in [1.29, 1.82) is 0 Å². The molecule has 1 atom stereocenters. The second-order valence-corrected chi connectivity index (χ2v) is 8.15. The summed E-state index contributed by atoms with van der Waals surface area (Å²) >= 11 is 0.911. The van der Waals surface area contributed by atoms with Gasteiger partial charge in [0.1, 0.15) is 18.9 Å². The molecule has 2 aromatic rings. The zero-order valence-corrected chi connectivity index (χ0v) is 17.4. The van der Waals surface area contributed by atoms with Gasteiger partial charge in [-0.15, -0.1) is 10.2 Å². The van der Waals surface area contributed by atoms with Crippen molar-refractivity contribution in [2.24, 2.45) is 0 Å². The van der Waals surface area contributed by atoms with E-state index in [1.165, 1.54) is 11.6 Å². The summed E-state index contributed by atoms with van der Waals surface area (Å²) in [6, 6.07) is 5.94. The van der Waals surface area contributed by atoms with E-state index < -0.39 is 23.9 Å². The monoisotopic (exact) mass is 431 g/mol. The Morgan fingerprint density at radius 3 is 2.62 bits per heavy atom. The van der Waals surface area contributed by atoms with Crippen LogP contribution in [0.2, 0.25) is 0 Å². The van der Waals surface area contributed by atoms with Crippen LogP contribution in [0.1, 0.15) is 43.6 Å². The first-order valence-corrected chi connectivity index (χ1v) is 9.79. The summed E-state index contributed by atoms with van der Waals surface area (Å²) in [7, 11) is 0. The Hall–Kier alpha value is -2.43. The van der Waals surface area contributed by atoms with Crippen LogP contribution >= 0.6 is 11.8 Å². The fraction of sp³-hybridized carbons (Fsp3) is 0.500. The average molecular weight is 431 g/mol. The maximum Gasteiger partial charge on any atom is 0.405 e. The highest BCUT2D eigenvalue weighted by atomic mass is 32.2. The minimum Gasteiger partial charge on any atom is -0.485 e. The first-order valence-electron chi connectivity index (χ1n) is 8.91. The van der Waals surface area contributed by atoms with Crippen molar-refractivity contribution in [3.05, 3.63) is 35.2 Å². The third-order valence-corrected chi connectivity index (χ3v) is 5.05. The molecule has 0 fully saturated rings. The molecule has 0 aliphatic heterocycles.